The van der Waals surface area contributed by atoms with Gasteiger partial charge in [0.1, 0.15) is 6.04 Å². The highest BCUT2D eigenvalue weighted by Crippen LogP contribution is 1.97. The first-order valence-corrected chi connectivity index (χ1v) is 6.71. The van der Waals surface area contributed by atoms with E-state index in [0.717, 1.165) is 13.0 Å². The quantitative estimate of drug-likeness (QED) is 0.393. The molecule has 1 unspecified atom stereocenters. The molecule has 19 heavy (non-hydrogen) atoms. The zero-order chi connectivity index (χ0) is 14.3. The smallest absolute Gasteiger partial charge is 0.322 e. The number of ether oxygens (including phenoxy) is 4. The maximum Gasteiger partial charge on any atom is 0.322 e. The van der Waals surface area contributed by atoms with Gasteiger partial charge in [-0.3, -0.25) is 4.79 Å². The summed E-state index contributed by atoms with van der Waals surface area (Å²) in [5.74, 6) is -0.242. The third-order valence-electron chi connectivity index (χ3n) is 2.50. The Kier molecular flexibility index (Phi) is 13.2. The molecule has 0 aliphatic rings. The van der Waals surface area contributed by atoms with Gasteiger partial charge in [0.25, 0.3) is 0 Å². The van der Waals surface area contributed by atoms with Crippen molar-refractivity contribution in [2.75, 3.05) is 53.8 Å². The fraction of sp³-hybridized carbons (Fsp3) is 0.923. The average Bonchev–Trinajstić information content (AvgIpc) is 2.43. The second-order valence-corrected chi connectivity index (χ2v) is 3.99. The lowest BCUT2D eigenvalue weighted by Crippen LogP contribution is -2.38. The molecule has 0 radical (unpaired) electrons. The predicted octanol–water partition coefficient (Wildman–Crippen LogP) is 0.597. The number of rotatable bonds is 13. The van der Waals surface area contributed by atoms with Crippen molar-refractivity contribution in [1.82, 2.24) is 5.32 Å². The van der Waals surface area contributed by atoms with Crippen LogP contribution >= 0.6 is 0 Å². The molecule has 6 nitrogen and oxygen atoms in total. The highest BCUT2D eigenvalue weighted by Gasteiger charge is 2.16. The summed E-state index contributed by atoms with van der Waals surface area (Å²) in [6, 6.07) is -0.284. The standard InChI is InChI=1S/C13H27NO5/c1-4-14-12(13(15)17-3)6-9-18-7-5-8-19-11-10-16-2/h12,14H,4-11H2,1-3H3. The molecule has 0 heterocycles. The van der Waals surface area contributed by atoms with Crippen molar-refractivity contribution in [1.29, 1.82) is 0 Å². The molecule has 0 rings (SSSR count). The molecule has 1 N–H and O–H groups in total. The van der Waals surface area contributed by atoms with Crippen LogP contribution in [-0.4, -0.2) is 65.8 Å². The largest absolute Gasteiger partial charge is 0.468 e. The highest BCUT2D eigenvalue weighted by atomic mass is 16.5. The predicted molar refractivity (Wildman–Crippen MR) is 72.2 cm³/mol. The van der Waals surface area contributed by atoms with E-state index >= 15 is 0 Å². The number of hydrogen-bond acceptors (Lipinski definition) is 6. The minimum atomic E-state index is -0.284. The van der Waals surface area contributed by atoms with Gasteiger partial charge in [0.2, 0.25) is 0 Å². The summed E-state index contributed by atoms with van der Waals surface area (Å²) >= 11 is 0. The monoisotopic (exact) mass is 277 g/mol. The zero-order valence-electron chi connectivity index (χ0n) is 12.3. The first-order chi connectivity index (χ1) is 9.26. The van der Waals surface area contributed by atoms with Crippen LogP contribution in [-0.2, 0) is 23.7 Å². The van der Waals surface area contributed by atoms with Gasteiger partial charge in [-0.25, -0.2) is 0 Å². The van der Waals surface area contributed by atoms with E-state index in [1.54, 1.807) is 7.11 Å². The molecule has 0 spiro atoms. The number of carbonyl (C=O) groups excluding carboxylic acids is 1. The normalized spacial score (nSPS) is 12.4. The van der Waals surface area contributed by atoms with E-state index in [-0.39, 0.29) is 12.0 Å². The summed E-state index contributed by atoms with van der Waals surface area (Å²) in [6.45, 7) is 5.74. The summed E-state index contributed by atoms with van der Waals surface area (Å²) in [4.78, 5) is 11.4. The Morgan fingerprint density at radius 3 is 2.32 bits per heavy atom. The third kappa shape index (κ3) is 10.9. The van der Waals surface area contributed by atoms with E-state index in [4.69, 9.17) is 18.9 Å². The van der Waals surface area contributed by atoms with E-state index in [0.29, 0.717) is 39.5 Å². The van der Waals surface area contributed by atoms with Gasteiger partial charge in [0, 0.05) is 26.9 Å². The number of hydrogen-bond donors (Lipinski definition) is 1. The summed E-state index contributed by atoms with van der Waals surface area (Å²) in [6.07, 6.45) is 1.46. The van der Waals surface area contributed by atoms with Gasteiger partial charge in [-0.2, -0.15) is 0 Å². The maximum absolute atomic E-state index is 11.4. The molecule has 1 atom stereocenters. The van der Waals surface area contributed by atoms with Gasteiger partial charge >= 0.3 is 5.97 Å². The van der Waals surface area contributed by atoms with Crippen molar-refractivity contribution < 1.29 is 23.7 Å². The van der Waals surface area contributed by atoms with Crippen LogP contribution in [0.25, 0.3) is 0 Å². The van der Waals surface area contributed by atoms with Gasteiger partial charge in [-0.05, 0) is 19.4 Å². The minimum Gasteiger partial charge on any atom is -0.468 e. The van der Waals surface area contributed by atoms with Crippen molar-refractivity contribution in [3.63, 3.8) is 0 Å². The molecule has 0 amide bonds. The molecule has 0 aliphatic carbocycles. The van der Waals surface area contributed by atoms with Gasteiger partial charge < -0.3 is 24.3 Å². The molecule has 0 bridgehead atoms. The van der Waals surface area contributed by atoms with Gasteiger partial charge in [-0.1, -0.05) is 6.92 Å². The van der Waals surface area contributed by atoms with E-state index in [9.17, 15) is 4.79 Å². The Morgan fingerprint density at radius 1 is 1.05 bits per heavy atom. The van der Waals surface area contributed by atoms with Crippen LogP contribution in [0.2, 0.25) is 0 Å². The highest BCUT2D eigenvalue weighted by molar-refractivity contribution is 5.75. The van der Waals surface area contributed by atoms with Crippen LogP contribution in [0.3, 0.4) is 0 Å². The third-order valence-corrected chi connectivity index (χ3v) is 2.50. The lowest BCUT2D eigenvalue weighted by molar-refractivity contribution is -0.143. The van der Waals surface area contributed by atoms with Crippen LogP contribution in [0.4, 0.5) is 0 Å². The molecular formula is C13H27NO5. The zero-order valence-corrected chi connectivity index (χ0v) is 12.3. The summed E-state index contributed by atoms with van der Waals surface area (Å²) < 4.78 is 20.3. The van der Waals surface area contributed by atoms with E-state index in [1.807, 2.05) is 6.92 Å². The van der Waals surface area contributed by atoms with Gasteiger partial charge in [-0.15, -0.1) is 0 Å². The minimum absolute atomic E-state index is 0.242. The Labute approximate surface area is 115 Å². The Hall–Kier alpha value is -0.690. The molecule has 0 aromatic heterocycles. The Morgan fingerprint density at radius 2 is 1.74 bits per heavy atom. The lowest BCUT2D eigenvalue weighted by Gasteiger charge is -2.15. The van der Waals surface area contributed by atoms with Crippen molar-refractivity contribution in [2.45, 2.75) is 25.8 Å². The van der Waals surface area contributed by atoms with E-state index in [2.05, 4.69) is 5.32 Å². The van der Waals surface area contributed by atoms with Gasteiger partial charge in [0.05, 0.1) is 20.3 Å². The second kappa shape index (κ2) is 13.7. The van der Waals surface area contributed by atoms with Crippen molar-refractivity contribution >= 4 is 5.97 Å². The fourth-order valence-corrected chi connectivity index (χ4v) is 1.50. The maximum atomic E-state index is 11.4. The number of likely N-dealkylation sites (N-methyl/N-ethyl adjacent to an activating group) is 1. The van der Waals surface area contributed by atoms with E-state index < -0.39 is 0 Å². The van der Waals surface area contributed by atoms with Gasteiger partial charge in [0.15, 0.2) is 0 Å². The molecule has 114 valence electrons. The fourth-order valence-electron chi connectivity index (χ4n) is 1.50. The molecule has 0 saturated carbocycles. The topological polar surface area (TPSA) is 66.0 Å². The molecule has 6 heteroatoms. The lowest BCUT2D eigenvalue weighted by atomic mass is 10.2. The molecule has 0 fully saturated rings. The number of nitrogens with one attached hydrogen (secondary N) is 1. The SMILES string of the molecule is CCNC(CCOCCCOCCOC)C(=O)OC. The van der Waals surface area contributed by atoms with Crippen LogP contribution < -0.4 is 5.32 Å². The Balaban J connectivity index is 3.42. The van der Waals surface area contributed by atoms with Crippen molar-refractivity contribution in [2.24, 2.45) is 0 Å². The summed E-state index contributed by atoms with van der Waals surface area (Å²) in [5.41, 5.74) is 0. The Bertz CT molecular complexity index is 213. The second-order valence-electron chi connectivity index (χ2n) is 3.99. The van der Waals surface area contributed by atoms with Crippen molar-refractivity contribution in [3.8, 4) is 0 Å². The van der Waals surface area contributed by atoms with Crippen LogP contribution in [0, 0.1) is 0 Å². The van der Waals surface area contributed by atoms with Crippen LogP contribution in [0.15, 0.2) is 0 Å². The number of carbonyl (C=O) groups is 1. The first kappa shape index (κ1) is 18.3. The van der Waals surface area contributed by atoms with Crippen LogP contribution in [0.5, 0.6) is 0 Å². The average molecular weight is 277 g/mol. The first-order valence-electron chi connectivity index (χ1n) is 6.71. The molecular weight excluding hydrogens is 250 g/mol. The molecule has 0 saturated heterocycles. The summed E-state index contributed by atoms with van der Waals surface area (Å²) in [5, 5.41) is 3.07. The van der Waals surface area contributed by atoms with Crippen LogP contribution in [0.1, 0.15) is 19.8 Å². The number of methoxy groups -OCH3 is 2. The summed E-state index contributed by atoms with van der Waals surface area (Å²) in [7, 11) is 3.04. The molecule has 0 aliphatic heterocycles. The van der Waals surface area contributed by atoms with E-state index in [1.165, 1.54) is 7.11 Å². The molecule has 0 aromatic carbocycles. The molecule has 0 aromatic rings. The number of esters is 1. The van der Waals surface area contributed by atoms with Crippen molar-refractivity contribution in [3.05, 3.63) is 0 Å².